The lowest BCUT2D eigenvalue weighted by Crippen LogP contribution is -2.16. The molecule has 2 N–H and O–H groups in total. The summed E-state index contributed by atoms with van der Waals surface area (Å²) in [6.45, 7) is 0. The third-order valence-electron chi connectivity index (χ3n) is 0.260. The predicted octanol–water partition coefficient (Wildman–Crippen LogP) is -1.62. The van der Waals surface area contributed by atoms with Crippen LogP contribution in [-0.4, -0.2) is 20.5 Å². The Morgan fingerprint density at radius 1 is 1.57 bits per heavy atom. The third kappa shape index (κ3) is 5.58. The van der Waals surface area contributed by atoms with Crippen molar-refractivity contribution in [2.75, 3.05) is 5.75 Å². The van der Waals surface area contributed by atoms with Crippen LogP contribution in [0.25, 0.3) is 0 Å². The standard InChI is InChI=1S/C2H4NO3S/c3-7(5,6)2-1-4/h2H2,(H2,3,5,6). The number of hydrogen-bond acceptors (Lipinski definition) is 3. The molecule has 1 radical (unpaired) electrons. The molecule has 0 heterocycles. The van der Waals surface area contributed by atoms with Gasteiger partial charge in [-0.25, -0.2) is 13.6 Å². The van der Waals surface area contributed by atoms with E-state index >= 15 is 0 Å². The van der Waals surface area contributed by atoms with E-state index in [2.05, 4.69) is 5.14 Å². The first kappa shape index (κ1) is 6.58. The van der Waals surface area contributed by atoms with Crippen molar-refractivity contribution in [3.8, 4) is 0 Å². The first-order valence-electron chi connectivity index (χ1n) is 1.42. The molecule has 7 heavy (non-hydrogen) atoms. The fourth-order valence-electron chi connectivity index (χ4n) is 0.0821. The van der Waals surface area contributed by atoms with Gasteiger partial charge < -0.3 is 0 Å². The van der Waals surface area contributed by atoms with E-state index in [4.69, 9.17) is 0 Å². The molecule has 0 aliphatic rings. The highest BCUT2D eigenvalue weighted by atomic mass is 32.2. The Morgan fingerprint density at radius 2 is 2.00 bits per heavy atom. The highest BCUT2D eigenvalue weighted by Crippen LogP contribution is 1.67. The lowest BCUT2D eigenvalue weighted by atomic mass is 10.9. The average molecular weight is 122 g/mol. The number of sulfonamides is 1. The van der Waals surface area contributed by atoms with Crippen LogP contribution in [0, 0.1) is 0 Å². The minimum absolute atomic E-state index is 0.715. The number of carbonyl (C=O) groups excluding carboxylic acids is 1. The average Bonchev–Trinajstić information content (AvgIpc) is 1.30. The van der Waals surface area contributed by atoms with E-state index < -0.39 is 15.8 Å². The summed E-state index contributed by atoms with van der Waals surface area (Å²) in [7, 11) is -3.60. The Hall–Kier alpha value is -0.420. The molecule has 0 fully saturated rings. The zero-order valence-electron chi connectivity index (χ0n) is 3.42. The maximum atomic E-state index is 9.75. The van der Waals surface area contributed by atoms with Gasteiger partial charge in [-0.05, 0) is 0 Å². The summed E-state index contributed by atoms with van der Waals surface area (Å²) in [5.41, 5.74) is 0. The van der Waals surface area contributed by atoms with Crippen molar-refractivity contribution in [1.82, 2.24) is 0 Å². The fourth-order valence-corrected chi connectivity index (χ4v) is 0.246. The summed E-state index contributed by atoms with van der Waals surface area (Å²) in [6, 6.07) is 0. The number of nitrogens with two attached hydrogens (primary N) is 1. The quantitative estimate of drug-likeness (QED) is 0.478. The highest BCUT2D eigenvalue weighted by Gasteiger charge is 1.97. The van der Waals surface area contributed by atoms with Crippen molar-refractivity contribution in [2.45, 2.75) is 0 Å². The van der Waals surface area contributed by atoms with Crippen molar-refractivity contribution in [1.29, 1.82) is 0 Å². The van der Waals surface area contributed by atoms with E-state index in [-0.39, 0.29) is 0 Å². The van der Waals surface area contributed by atoms with Gasteiger partial charge in [-0.1, -0.05) is 0 Å². The van der Waals surface area contributed by atoms with Crippen molar-refractivity contribution in [3.05, 3.63) is 0 Å². The van der Waals surface area contributed by atoms with E-state index in [1.165, 1.54) is 0 Å². The van der Waals surface area contributed by atoms with Crippen LogP contribution in [0.2, 0.25) is 0 Å². The molecule has 5 heteroatoms. The van der Waals surface area contributed by atoms with E-state index in [0.717, 1.165) is 6.29 Å². The zero-order valence-corrected chi connectivity index (χ0v) is 4.23. The lowest BCUT2D eigenvalue weighted by Gasteiger charge is -1.80. The van der Waals surface area contributed by atoms with E-state index in [1.807, 2.05) is 0 Å². The smallest absolute Gasteiger partial charge is 0.216 e. The van der Waals surface area contributed by atoms with Crippen molar-refractivity contribution >= 4 is 16.3 Å². The molecule has 4 nitrogen and oxygen atoms in total. The molecule has 0 aliphatic carbocycles. The third-order valence-corrected chi connectivity index (χ3v) is 0.780. The Balaban J connectivity index is 3.84. The van der Waals surface area contributed by atoms with E-state index in [1.54, 1.807) is 0 Å². The van der Waals surface area contributed by atoms with Crippen LogP contribution < -0.4 is 5.14 Å². The summed E-state index contributed by atoms with van der Waals surface area (Å²) in [5.74, 6) is -0.715. The minimum Gasteiger partial charge on any atom is -0.290 e. The molecular formula is C2H4NO3S. The first-order valence-corrected chi connectivity index (χ1v) is 3.13. The second-order valence-electron chi connectivity index (χ2n) is 0.952. The molecule has 0 atom stereocenters. The molecule has 0 aromatic rings. The van der Waals surface area contributed by atoms with Crippen molar-refractivity contribution < 1.29 is 13.2 Å². The molecule has 41 valence electrons. The summed E-state index contributed by atoms with van der Waals surface area (Å²) >= 11 is 0. The molecule has 0 spiro atoms. The second kappa shape index (κ2) is 2.04. The molecule has 0 saturated carbocycles. The molecule has 0 aliphatic heterocycles. The Bertz CT molecular complexity index is 146. The van der Waals surface area contributed by atoms with Crippen LogP contribution in [0.1, 0.15) is 0 Å². The molecule has 0 rings (SSSR count). The minimum atomic E-state index is -3.60. The first-order chi connectivity index (χ1) is 3.06. The van der Waals surface area contributed by atoms with Gasteiger partial charge in [0.2, 0.25) is 16.3 Å². The van der Waals surface area contributed by atoms with Gasteiger partial charge >= 0.3 is 0 Å². The maximum Gasteiger partial charge on any atom is 0.216 e. The summed E-state index contributed by atoms with van der Waals surface area (Å²) < 4.78 is 19.5. The van der Waals surface area contributed by atoms with Gasteiger partial charge in [0.15, 0.2) is 0 Å². The molecule has 0 amide bonds. The number of hydrogen-bond donors (Lipinski definition) is 1. The number of primary sulfonamides is 1. The van der Waals surface area contributed by atoms with Gasteiger partial charge in [0.25, 0.3) is 0 Å². The largest absolute Gasteiger partial charge is 0.290 e. The summed E-state index contributed by atoms with van der Waals surface area (Å²) in [6.07, 6.45) is 1.14. The van der Waals surface area contributed by atoms with Crippen LogP contribution in [0.4, 0.5) is 0 Å². The van der Waals surface area contributed by atoms with Crippen molar-refractivity contribution in [3.63, 3.8) is 0 Å². The Kier molecular flexibility index (Phi) is 1.91. The van der Waals surface area contributed by atoms with Gasteiger partial charge in [0.1, 0.15) is 5.75 Å². The van der Waals surface area contributed by atoms with Crippen LogP contribution in [0.3, 0.4) is 0 Å². The molecular weight excluding hydrogens is 118 g/mol. The fraction of sp³-hybridized carbons (Fsp3) is 0.500. The second-order valence-corrected chi connectivity index (χ2v) is 2.57. The SMILES string of the molecule is NS(=O)(=O)C[C]=O. The molecule has 0 bridgehead atoms. The lowest BCUT2D eigenvalue weighted by molar-refractivity contribution is 0.557. The zero-order chi connectivity index (χ0) is 5.91. The molecule has 0 saturated heterocycles. The maximum absolute atomic E-state index is 9.75. The van der Waals surface area contributed by atoms with Gasteiger partial charge in [-0.2, -0.15) is 0 Å². The molecule has 0 unspecified atom stereocenters. The van der Waals surface area contributed by atoms with E-state index in [0.29, 0.717) is 0 Å². The van der Waals surface area contributed by atoms with Gasteiger partial charge in [-0.15, -0.1) is 0 Å². The van der Waals surface area contributed by atoms with E-state index in [9.17, 15) is 13.2 Å². The van der Waals surface area contributed by atoms with Gasteiger partial charge in [-0.3, -0.25) is 4.79 Å². The monoisotopic (exact) mass is 122 g/mol. The van der Waals surface area contributed by atoms with Crippen LogP contribution in [0.15, 0.2) is 0 Å². The Morgan fingerprint density at radius 3 is 2.00 bits per heavy atom. The van der Waals surface area contributed by atoms with Crippen LogP contribution in [0.5, 0.6) is 0 Å². The predicted molar refractivity (Wildman–Crippen MR) is 23.7 cm³/mol. The summed E-state index contributed by atoms with van der Waals surface area (Å²) in [5, 5.41) is 4.36. The molecule has 0 aromatic carbocycles. The van der Waals surface area contributed by atoms with Gasteiger partial charge in [0, 0.05) is 0 Å². The van der Waals surface area contributed by atoms with Gasteiger partial charge in [0.05, 0.1) is 0 Å². The molecule has 0 aromatic heterocycles. The topological polar surface area (TPSA) is 77.2 Å². The Labute approximate surface area is 41.4 Å². The van der Waals surface area contributed by atoms with Crippen LogP contribution in [-0.2, 0) is 14.8 Å². The normalized spacial score (nSPS) is 11.0. The highest BCUT2D eigenvalue weighted by molar-refractivity contribution is 7.89. The summed E-state index contributed by atoms with van der Waals surface area (Å²) in [4.78, 5) is 9.24. The van der Waals surface area contributed by atoms with Crippen molar-refractivity contribution in [2.24, 2.45) is 5.14 Å². The number of rotatable bonds is 2. The van der Waals surface area contributed by atoms with Crippen LogP contribution >= 0.6 is 0 Å².